The van der Waals surface area contributed by atoms with Crippen LogP contribution in [0.3, 0.4) is 0 Å². The van der Waals surface area contributed by atoms with Gasteiger partial charge in [0.2, 0.25) is 0 Å². The maximum atomic E-state index is 12.0. The maximum Gasteiger partial charge on any atom is 0.573 e. The van der Waals surface area contributed by atoms with Gasteiger partial charge in [0.15, 0.2) is 0 Å². The van der Waals surface area contributed by atoms with Gasteiger partial charge in [0, 0.05) is 0 Å². The van der Waals surface area contributed by atoms with Crippen LogP contribution in [0, 0.1) is 0 Å². The Hall–Kier alpha value is -1.92. The van der Waals surface area contributed by atoms with Crippen molar-refractivity contribution in [3.63, 3.8) is 0 Å². The normalized spacial score (nSPS) is 18.5. The maximum absolute atomic E-state index is 12.0. The summed E-state index contributed by atoms with van der Waals surface area (Å²) >= 11 is 0. The Morgan fingerprint density at radius 1 is 1.28 bits per heavy atom. The van der Waals surface area contributed by atoms with Gasteiger partial charge in [-0.15, -0.1) is 13.2 Å². The molecule has 0 bridgehead atoms. The summed E-state index contributed by atoms with van der Waals surface area (Å²) in [7, 11) is 0. The molecule has 7 heteroatoms. The highest BCUT2D eigenvalue weighted by atomic mass is 19.4. The fourth-order valence-electron chi connectivity index (χ4n) is 1.89. The number of nitrogens with zero attached hydrogens (tertiary/aromatic N) is 1. The van der Waals surface area contributed by atoms with E-state index >= 15 is 0 Å². The summed E-state index contributed by atoms with van der Waals surface area (Å²) in [5.74, 6) is -0.214. The van der Waals surface area contributed by atoms with Gasteiger partial charge in [-0.1, -0.05) is 17.3 Å². The zero-order chi connectivity index (χ0) is 13.4. The molecule has 0 atom stereocenters. The van der Waals surface area contributed by atoms with E-state index in [1.54, 1.807) is 0 Å². The molecule has 0 unspecified atom stereocenters. The lowest BCUT2D eigenvalue weighted by Gasteiger charge is -2.15. The first kappa shape index (κ1) is 12.5. The number of amidine groups is 1. The number of alkyl halides is 3. The Bertz CT molecular complexity index is 464. The lowest BCUT2D eigenvalue weighted by atomic mass is 9.95. The van der Waals surface area contributed by atoms with Gasteiger partial charge in [0.1, 0.15) is 11.6 Å². The third kappa shape index (κ3) is 2.34. The molecule has 0 aromatic heterocycles. The van der Waals surface area contributed by atoms with Gasteiger partial charge in [0.25, 0.3) is 0 Å². The standard InChI is InChI=1S/C11H11F3N2O2/c12-11(13,14)18-8-3-1-7(2-4-8)10(5-6-10)9(15)16-17/h1-4,17H,5-6H2,(H2,15,16). The second-order valence-electron chi connectivity index (χ2n) is 4.14. The van der Waals surface area contributed by atoms with Crippen LogP contribution >= 0.6 is 0 Å². The van der Waals surface area contributed by atoms with E-state index in [-0.39, 0.29) is 11.6 Å². The van der Waals surface area contributed by atoms with Gasteiger partial charge in [-0.25, -0.2) is 0 Å². The van der Waals surface area contributed by atoms with E-state index < -0.39 is 11.8 Å². The lowest BCUT2D eigenvalue weighted by Crippen LogP contribution is -2.28. The molecule has 1 saturated carbocycles. The minimum absolute atomic E-state index is 0.0759. The monoisotopic (exact) mass is 260 g/mol. The van der Waals surface area contributed by atoms with Crippen molar-refractivity contribution in [3.05, 3.63) is 29.8 Å². The molecule has 0 radical (unpaired) electrons. The topological polar surface area (TPSA) is 67.8 Å². The number of hydrogen-bond donors (Lipinski definition) is 2. The number of benzene rings is 1. The van der Waals surface area contributed by atoms with Crippen LogP contribution in [0.2, 0.25) is 0 Å². The molecular weight excluding hydrogens is 249 g/mol. The number of halogens is 3. The first-order valence-electron chi connectivity index (χ1n) is 5.22. The van der Waals surface area contributed by atoms with Crippen molar-refractivity contribution in [2.75, 3.05) is 0 Å². The van der Waals surface area contributed by atoms with Crippen molar-refractivity contribution in [2.45, 2.75) is 24.6 Å². The molecule has 1 aliphatic carbocycles. The second kappa shape index (κ2) is 4.08. The van der Waals surface area contributed by atoms with Crippen LogP contribution in [0.5, 0.6) is 5.75 Å². The number of ether oxygens (including phenoxy) is 1. The molecule has 1 aliphatic rings. The highest BCUT2D eigenvalue weighted by Crippen LogP contribution is 2.48. The molecule has 98 valence electrons. The fourth-order valence-corrected chi connectivity index (χ4v) is 1.89. The molecule has 1 fully saturated rings. The highest BCUT2D eigenvalue weighted by molar-refractivity contribution is 5.94. The van der Waals surface area contributed by atoms with Crippen molar-refractivity contribution >= 4 is 5.84 Å². The van der Waals surface area contributed by atoms with Gasteiger partial charge in [0.05, 0.1) is 5.41 Å². The van der Waals surface area contributed by atoms with Crippen LogP contribution in [-0.2, 0) is 5.41 Å². The van der Waals surface area contributed by atoms with Crippen molar-refractivity contribution < 1.29 is 23.1 Å². The largest absolute Gasteiger partial charge is 0.573 e. The average Bonchev–Trinajstić information content (AvgIpc) is 3.08. The molecular formula is C11H11F3N2O2. The van der Waals surface area contributed by atoms with Crippen molar-refractivity contribution in [1.29, 1.82) is 0 Å². The van der Waals surface area contributed by atoms with Gasteiger partial charge in [-0.2, -0.15) is 0 Å². The zero-order valence-corrected chi connectivity index (χ0v) is 9.24. The van der Waals surface area contributed by atoms with E-state index in [0.29, 0.717) is 18.4 Å². The molecule has 18 heavy (non-hydrogen) atoms. The van der Waals surface area contributed by atoms with Gasteiger partial charge >= 0.3 is 6.36 Å². The Labute approximate surface area is 101 Å². The summed E-state index contributed by atoms with van der Waals surface area (Å²) in [5.41, 5.74) is 5.75. The van der Waals surface area contributed by atoms with Gasteiger partial charge in [-0.05, 0) is 30.5 Å². The van der Waals surface area contributed by atoms with Crippen LogP contribution in [0.25, 0.3) is 0 Å². The molecule has 0 heterocycles. The predicted molar refractivity (Wildman–Crippen MR) is 57.4 cm³/mol. The fraction of sp³-hybridized carbons (Fsp3) is 0.364. The summed E-state index contributed by atoms with van der Waals surface area (Å²) in [6, 6.07) is 5.42. The van der Waals surface area contributed by atoms with E-state index in [0.717, 1.165) is 0 Å². The summed E-state index contributed by atoms with van der Waals surface area (Å²) < 4.78 is 39.7. The summed E-state index contributed by atoms with van der Waals surface area (Å²) in [6.45, 7) is 0. The van der Waals surface area contributed by atoms with Crippen molar-refractivity contribution in [3.8, 4) is 5.75 Å². The van der Waals surface area contributed by atoms with Crippen LogP contribution < -0.4 is 10.5 Å². The lowest BCUT2D eigenvalue weighted by molar-refractivity contribution is -0.274. The van der Waals surface area contributed by atoms with Gasteiger partial charge in [-0.3, -0.25) is 0 Å². The summed E-state index contributed by atoms with van der Waals surface area (Å²) in [4.78, 5) is 0. The summed E-state index contributed by atoms with van der Waals surface area (Å²) in [5, 5.41) is 11.6. The molecule has 0 spiro atoms. The van der Waals surface area contributed by atoms with E-state index in [1.165, 1.54) is 24.3 Å². The smallest absolute Gasteiger partial charge is 0.409 e. The van der Waals surface area contributed by atoms with Crippen molar-refractivity contribution in [1.82, 2.24) is 0 Å². The van der Waals surface area contributed by atoms with Crippen LogP contribution in [0.4, 0.5) is 13.2 Å². The van der Waals surface area contributed by atoms with Crippen LogP contribution in [0.15, 0.2) is 29.4 Å². The minimum Gasteiger partial charge on any atom is -0.409 e. The van der Waals surface area contributed by atoms with E-state index in [1.807, 2.05) is 0 Å². The molecule has 4 nitrogen and oxygen atoms in total. The summed E-state index contributed by atoms with van der Waals surface area (Å²) in [6.07, 6.45) is -3.28. The first-order valence-corrected chi connectivity index (χ1v) is 5.22. The Morgan fingerprint density at radius 3 is 2.22 bits per heavy atom. The molecule has 1 aromatic carbocycles. The highest BCUT2D eigenvalue weighted by Gasteiger charge is 2.48. The van der Waals surface area contributed by atoms with Gasteiger partial charge < -0.3 is 15.7 Å². The molecule has 0 amide bonds. The Morgan fingerprint density at radius 2 is 1.83 bits per heavy atom. The first-order chi connectivity index (χ1) is 8.37. The number of rotatable bonds is 3. The molecule has 1 aromatic rings. The molecule has 0 aliphatic heterocycles. The van der Waals surface area contributed by atoms with E-state index in [2.05, 4.69) is 9.89 Å². The quantitative estimate of drug-likeness (QED) is 0.379. The van der Waals surface area contributed by atoms with E-state index in [4.69, 9.17) is 10.9 Å². The third-order valence-corrected chi connectivity index (χ3v) is 2.99. The number of oxime groups is 1. The minimum atomic E-state index is -4.70. The SMILES string of the molecule is NC(=NO)C1(c2ccc(OC(F)(F)F)cc2)CC1. The van der Waals surface area contributed by atoms with Crippen LogP contribution in [-0.4, -0.2) is 17.4 Å². The number of hydrogen-bond acceptors (Lipinski definition) is 3. The molecule has 3 N–H and O–H groups in total. The van der Waals surface area contributed by atoms with Crippen LogP contribution in [0.1, 0.15) is 18.4 Å². The molecule has 0 saturated heterocycles. The molecule has 2 rings (SSSR count). The zero-order valence-electron chi connectivity index (χ0n) is 9.24. The second-order valence-corrected chi connectivity index (χ2v) is 4.14. The van der Waals surface area contributed by atoms with E-state index in [9.17, 15) is 13.2 Å². The Kier molecular flexibility index (Phi) is 2.84. The average molecular weight is 260 g/mol. The third-order valence-electron chi connectivity index (χ3n) is 2.99. The van der Waals surface area contributed by atoms with Crippen molar-refractivity contribution in [2.24, 2.45) is 10.9 Å². The number of nitrogens with two attached hydrogens (primary N) is 1. The Balaban J connectivity index is 2.19. The predicted octanol–water partition coefficient (Wildman–Crippen LogP) is 2.36.